The zero-order chi connectivity index (χ0) is 19.4. The summed E-state index contributed by atoms with van der Waals surface area (Å²) in [6.45, 7) is 5.66. The van der Waals surface area contributed by atoms with Crippen molar-refractivity contribution in [1.82, 2.24) is 9.88 Å². The molecule has 0 bridgehead atoms. The molecule has 1 N–H and O–H groups in total. The van der Waals surface area contributed by atoms with E-state index in [-0.39, 0.29) is 18.6 Å². The molecule has 1 aliphatic carbocycles. The van der Waals surface area contributed by atoms with Crippen molar-refractivity contribution in [3.63, 3.8) is 0 Å². The SMILES string of the molecule is Cc1cc(C(=O)OCC(=O)NC(C)CCc2ccccc2)c(C)n1C1CC1. The van der Waals surface area contributed by atoms with Crippen LogP contribution in [-0.4, -0.2) is 29.1 Å². The highest BCUT2D eigenvalue weighted by molar-refractivity contribution is 5.92. The highest BCUT2D eigenvalue weighted by atomic mass is 16.5. The maximum Gasteiger partial charge on any atom is 0.340 e. The van der Waals surface area contributed by atoms with Gasteiger partial charge in [0.2, 0.25) is 0 Å². The van der Waals surface area contributed by atoms with Crippen LogP contribution in [-0.2, 0) is 16.0 Å². The van der Waals surface area contributed by atoms with Gasteiger partial charge in [0, 0.05) is 23.5 Å². The van der Waals surface area contributed by atoms with Gasteiger partial charge in [0.15, 0.2) is 6.61 Å². The van der Waals surface area contributed by atoms with Crippen LogP contribution in [0, 0.1) is 13.8 Å². The van der Waals surface area contributed by atoms with Crippen LogP contribution < -0.4 is 5.32 Å². The standard InChI is InChI=1S/C22H28N2O3/c1-15(9-10-18-7-5-4-6-8-18)23-21(25)14-27-22(26)20-13-16(2)24(17(20)3)19-11-12-19/h4-8,13,15,19H,9-12,14H2,1-3H3,(H,23,25). The molecule has 1 amide bonds. The second-order valence-electron chi connectivity index (χ2n) is 7.45. The van der Waals surface area contributed by atoms with Crippen LogP contribution in [0.15, 0.2) is 36.4 Å². The Labute approximate surface area is 160 Å². The minimum atomic E-state index is -0.429. The number of aromatic nitrogens is 1. The number of hydrogen-bond donors (Lipinski definition) is 1. The Balaban J connectivity index is 1.44. The molecule has 27 heavy (non-hydrogen) atoms. The first-order valence-corrected chi connectivity index (χ1v) is 9.64. The fourth-order valence-electron chi connectivity index (χ4n) is 3.50. The average molecular weight is 368 g/mol. The summed E-state index contributed by atoms with van der Waals surface area (Å²) in [6, 6.07) is 12.6. The van der Waals surface area contributed by atoms with E-state index in [4.69, 9.17) is 4.74 Å². The van der Waals surface area contributed by atoms with Crippen molar-refractivity contribution < 1.29 is 14.3 Å². The molecule has 1 fully saturated rings. The number of nitrogens with one attached hydrogen (secondary N) is 1. The van der Waals surface area contributed by atoms with Gasteiger partial charge in [0.1, 0.15) is 0 Å². The maximum atomic E-state index is 12.4. The molecule has 1 aromatic carbocycles. The van der Waals surface area contributed by atoms with Crippen molar-refractivity contribution in [3.8, 4) is 0 Å². The highest BCUT2D eigenvalue weighted by Gasteiger charge is 2.28. The fraction of sp³-hybridized carbons (Fsp3) is 0.455. The molecule has 0 aliphatic heterocycles. The lowest BCUT2D eigenvalue weighted by Crippen LogP contribution is -2.36. The van der Waals surface area contributed by atoms with Crippen LogP contribution in [0.5, 0.6) is 0 Å². The third-order valence-corrected chi connectivity index (χ3v) is 5.07. The molecule has 0 saturated heterocycles. The molecule has 5 nitrogen and oxygen atoms in total. The van der Waals surface area contributed by atoms with Crippen LogP contribution in [0.1, 0.15) is 59.5 Å². The number of hydrogen-bond acceptors (Lipinski definition) is 3. The number of esters is 1. The van der Waals surface area contributed by atoms with Gasteiger partial charge < -0.3 is 14.6 Å². The van der Waals surface area contributed by atoms with Gasteiger partial charge in [0.05, 0.1) is 5.56 Å². The third-order valence-electron chi connectivity index (χ3n) is 5.07. The number of carbonyl (C=O) groups excluding carboxylic acids is 2. The summed E-state index contributed by atoms with van der Waals surface area (Å²) in [6.07, 6.45) is 4.06. The second kappa shape index (κ2) is 8.42. The van der Waals surface area contributed by atoms with Crippen molar-refractivity contribution >= 4 is 11.9 Å². The molecule has 1 saturated carbocycles. The van der Waals surface area contributed by atoms with Crippen LogP contribution >= 0.6 is 0 Å². The molecule has 1 aliphatic rings. The molecule has 1 aromatic heterocycles. The first kappa shape index (κ1) is 19.2. The molecule has 0 radical (unpaired) electrons. The van der Waals surface area contributed by atoms with Crippen LogP contribution in [0.25, 0.3) is 0 Å². The van der Waals surface area contributed by atoms with Gasteiger partial charge in [-0.25, -0.2) is 4.79 Å². The number of benzene rings is 1. The lowest BCUT2D eigenvalue weighted by Gasteiger charge is -2.14. The zero-order valence-corrected chi connectivity index (χ0v) is 16.3. The average Bonchev–Trinajstić information content (AvgIpc) is 3.43. The van der Waals surface area contributed by atoms with Gasteiger partial charge in [-0.05, 0) is 58.1 Å². The third kappa shape index (κ3) is 5.00. The van der Waals surface area contributed by atoms with Gasteiger partial charge in [-0.2, -0.15) is 0 Å². The molecular formula is C22H28N2O3. The largest absolute Gasteiger partial charge is 0.452 e. The van der Waals surface area contributed by atoms with E-state index < -0.39 is 5.97 Å². The van der Waals surface area contributed by atoms with Crippen molar-refractivity contribution in [2.75, 3.05) is 6.61 Å². The summed E-state index contributed by atoms with van der Waals surface area (Å²) in [5.74, 6) is -0.693. The van der Waals surface area contributed by atoms with Crippen LogP contribution in [0.3, 0.4) is 0 Å². The van der Waals surface area contributed by atoms with Gasteiger partial charge in [-0.3, -0.25) is 4.79 Å². The predicted molar refractivity (Wildman–Crippen MR) is 105 cm³/mol. The fourth-order valence-corrected chi connectivity index (χ4v) is 3.50. The Morgan fingerprint density at radius 2 is 1.93 bits per heavy atom. The summed E-state index contributed by atoms with van der Waals surface area (Å²) in [4.78, 5) is 24.4. The number of amides is 1. The van der Waals surface area contributed by atoms with Crippen LogP contribution in [0.2, 0.25) is 0 Å². The van der Waals surface area contributed by atoms with Crippen LogP contribution in [0.4, 0.5) is 0 Å². The van der Waals surface area contributed by atoms with Gasteiger partial charge in [0.25, 0.3) is 5.91 Å². The Bertz CT molecular complexity index is 806. The van der Waals surface area contributed by atoms with E-state index in [2.05, 4.69) is 22.0 Å². The topological polar surface area (TPSA) is 60.3 Å². The Kier molecular flexibility index (Phi) is 5.99. The molecule has 5 heteroatoms. The van der Waals surface area contributed by atoms with Gasteiger partial charge in [-0.1, -0.05) is 30.3 Å². The number of aryl methyl sites for hydroxylation is 2. The molecule has 1 unspecified atom stereocenters. The van der Waals surface area contributed by atoms with E-state index in [1.54, 1.807) is 0 Å². The lowest BCUT2D eigenvalue weighted by molar-refractivity contribution is -0.124. The van der Waals surface area contributed by atoms with Crippen molar-refractivity contribution in [2.24, 2.45) is 0 Å². The Morgan fingerprint density at radius 3 is 2.59 bits per heavy atom. The molecule has 144 valence electrons. The molecule has 0 spiro atoms. The van der Waals surface area contributed by atoms with E-state index in [0.29, 0.717) is 11.6 Å². The Morgan fingerprint density at radius 1 is 1.22 bits per heavy atom. The van der Waals surface area contributed by atoms with Crippen molar-refractivity contribution in [2.45, 2.75) is 58.5 Å². The summed E-state index contributed by atoms with van der Waals surface area (Å²) in [7, 11) is 0. The minimum absolute atomic E-state index is 0.0244. The molecule has 2 aromatic rings. The van der Waals surface area contributed by atoms with E-state index in [1.807, 2.05) is 45.0 Å². The van der Waals surface area contributed by atoms with Gasteiger partial charge >= 0.3 is 5.97 Å². The molecular weight excluding hydrogens is 340 g/mol. The van der Waals surface area contributed by atoms with Crippen molar-refractivity contribution in [3.05, 3.63) is 58.9 Å². The number of ether oxygens (including phenoxy) is 1. The molecule has 1 atom stereocenters. The van der Waals surface area contributed by atoms with E-state index in [1.165, 1.54) is 5.56 Å². The number of carbonyl (C=O) groups is 2. The quantitative estimate of drug-likeness (QED) is 0.722. The van der Waals surface area contributed by atoms with E-state index in [9.17, 15) is 9.59 Å². The predicted octanol–water partition coefficient (Wildman–Crippen LogP) is 3.73. The first-order valence-electron chi connectivity index (χ1n) is 9.64. The summed E-state index contributed by atoms with van der Waals surface area (Å²) < 4.78 is 7.44. The summed E-state index contributed by atoms with van der Waals surface area (Å²) in [5, 5.41) is 2.90. The lowest BCUT2D eigenvalue weighted by atomic mass is 10.1. The number of rotatable bonds is 8. The summed E-state index contributed by atoms with van der Waals surface area (Å²) in [5.41, 5.74) is 3.80. The monoisotopic (exact) mass is 368 g/mol. The molecule has 1 heterocycles. The second-order valence-corrected chi connectivity index (χ2v) is 7.45. The zero-order valence-electron chi connectivity index (χ0n) is 16.3. The van der Waals surface area contributed by atoms with E-state index in [0.717, 1.165) is 37.1 Å². The summed E-state index contributed by atoms with van der Waals surface area (Å²) >= 11 is 0. The maximum absolute atomic E-state index is 12.4. The minimum Gasteiger partial charge on any atom is -0.452 e. The normalized spacial score (nSPS) is 14.6. The van der Waals surface area contributed by atoms with Crippen molar-refractivity contribution in [1.29, 1.82) is 0 Å². The smallest absolute Gasteiger partial charge is 0.340 e. The van der Waals surface area contributed by atoms with Gasteiger partial charge in [-0.15, -0.1) is 0 Å². The Hall–Kier alpha value is -2.56. The number of nitrogens with zero attached hydrogens (tertiary/aromatic N) is 1. The van der Waals surface area contributed by atoms with E-state index >= 15 is 0 Å². The first-order chi connectivity index (χ1) is 13.0. The molecule has 3 rings (SSSR count). The highest BCUT2D eigenvalue weighted by Crippen LogP contribution is 2.38.